The van der Waals surface area contributed by atoms with Gasteiger partial charge in [0.15, 0.2) is 0 Å². The largest absolute Gasteiger partial charge is 0.366 e. The quantitative estimate of drug-likeness (QED) is 0.852. The number of anilines is 1. The minimum Gasteiger partial charge on any atom is -0.366 e. The smallest absolute Gasteiger partial charge is 0.255 e. The van der Waals surface area contributed by atoms with Crippen LogP contribution in [0.15, 0.2) is 47.4 Å². The Kier molecular flexibility index (Phi) is 4.65. The molecule has 4 nitrogen and oxygen atoms in total. The van der Waals surface area contributed by atoms with E-state index >= 15 is 0 Å². The topological polar surface area (TPSA) is 72.2 Å². The van der Waals surface area contributed by atoms with Crippen molar-refractivity contribution < 1.29 is 9.59 Å². The van der Waals surface area contributed by atoms with Gasteiger partial charge in [-0.25, -0.2) is 0 Å². The molecule has 0 aliphatic rings. The summed E-state index contributed by atoms with van der Waals surface area (Å²) in [7, 11) is 0. The normalized spacial score (nSPS) is 10.2. The van der Waals surface area contributed by atoms with E-state index in [4.69, 9.17) is 5.73 Å². The van der Waals surface area contributed by atoms with Crippen LogP contribution in [0.4, 0.5) is 5.69 Å². The summed E-state index contributed by atoms with van der Waals surface area (Å²) in [6.07, 6.45) is 1.95. The van der Waals surface area contributed by atoms with Gasteiger partial charge in [0.05, 0.1) is 11.3 Å². The average molecular weight is 300 g/mol. The average Bonchev–Trinajstić information content (AvgIpc) is 2.48. The molecule has 0 saturated carbocycles. The molecule has 0 radical (unpaired) electrons. The lowest BCUT2D eigenvalue weighted by molar-refractivity contribution is 0.100. The summed E-state index contributed by atoms with van der Waals surface area (Å²) in [4.78, 5) is 24.8. The summed E-state index contributed by atoms with van der Waals surface area (Å²) in [5, 5.41) is 2.75. The van der Waals surface area contributed by atoms with Gasteiger partial charge >= 0.3 is 0 Å². The van der Waals surface area contributed by atoms with Crippen molar-refractivity contribution in [2.24, 2.45) is 5.73 Å². The van der Waals surface area contributed by atoms with E-state index in [1.54, 1.807) is 36.0 Å². The Balaban J connectivity index is 2.33. The number of thioether (sulfide) groups is 1. The van der Waals surface area contributed by atoms with E-state index in [0.29, 0.717) is 16.8 Å². The first-order valence-corrected chi connectivity index (χ1v) is 7.60. The number of aryl methyl sites for hydroxylation is 1. The number of para-hydroxylation sites is 1. The second-order valence-electron chi connectivity index (χ2n) is 4.54. The number of hydrogen-bond donors (Lipinski definition) is 2. The zero-order valence-electron chi connectivity index (χ0n) is 11.8. The fraction of sp³-hybridized carbons (Fsp3) is 0.125. The predicted octanol–water partition coefficient (Wildman–Crippen LogP) is 3.07. The van der Waals surface area contributed by atoms with Crippen LogP contribution >= 0.6 is 11.8 Å². The van der Waals surface area contributed by atoms with Gasteiger partial charge in [0.2, 0.25) is 0 Å². The summed E-state index contributed by atoms with van der Waals surface area (Å²) in [6, 6.07) is 12.4. The molecule has 2 aromatic carbocycles. The Hall–Kier alpha value is -2.27. The van der Waals surface area contributed by atoms with Crippen LogP contribution in [0.5, 0.6) is 0 Å². The van der Waals surface area contributed by atoms with Crippen LogP contribution in [0.25, 0.3) is 0 Å². The van der Waals surface area contributed by atoms with Crippen molar-refractivity contribution in [2.45, 2.75) is 11.8 Å². The second-order valence-corrected chi connectivity index (χ2v) is 5.42. The number of carbonyl (C=O) groups excluding carboxylic acids is 2. The van der Waals surface area contributed by atoms with Gasteiger partial charge < -0.3 is 11.1 Å². The second kappa shape index (κ2) is 6.45. The van der Waals surface area contributed by atoms with E-state index in [0.717, 1.165) is 10.5 Å². The number of carbonyl (C=O) groups is 2. The molecule has 0 fully saturated rings. The van der Waals surface area contributed by atoms with Crippen LogP contribution in [-0.4, -0.2) is 18.1 Å². The van der Waals surface area contributed by atoms with Gasteiger partial charge in [-0.05, 0) is 43.0 Å². The summed E-state index contributed by atoms with van der Waals surface area (Å²) < 4.78 is 0. The molecule has 21 heavy (non-hydrogen) atoms. The Morgan fingerprint density at radius 2 is 1.81 bits per heavy atom. The third kappa shape index (κ3) is 3.44. The van der Waals surface area contributed by atoms with Gasteiger partial charge in [-0.1, -0.05) is 18.2 Å². The minimum atomic E-state index is -0.569. The lowest BCUT2D eigenvalue weighted by Gasteiger charge is -2.11. The van der Waals surface area contributed by atoms with Crippen molar-refractivity contribution in [1.29, 1.82) is 0 Å². The van der Waals surface area contributed by atoms with Crippen LogP contribution in [0.3, 0.4) is 0 Å². The van der Waals surface area contributed by atoms with E-state index in [1.807, 2.05) is 31.4 Å². The van der Waals surface area contributed by atoms with Gasteiger partial charge in [0, 0.05) is 10.5 Å². The van der Waals surface area contributed by atoms with Gasteiger partial charge in [0.1, 0.15) is 0 Å². The molecule has 2 amide bonds. The Morgan fingerprint density at radius 1 is 1.10 bits per heavy atom. The van der Waals surface area contributed by atoms with Crippen LogP contribution in [0.1, 0.15) is 26.3 Å². The fourth-order valence-electron chi connectivity index (χ4n) is 1.97. The van der Waals surface area contributed by atoms with E-state index in [-0.39, 0.29) is 5.91 Å². The molecule has 0 atom stereocenters. The maximum Gasteiger partial charge on any atom is 0.255 e. The molecular formula is C16H16N2O2S. The van der Waals surface area contributed by atoms with Gasteiger partial charge in [0.25, 0.3) is 11.8 Å². The van der Waals surface area contributed by atoms with Crippen molar-refractivity contribution in [1.82, 2.24) is 0 Å². The van der Waals surface area contributed by atoms with Gasteiger partial charge in [-0.3, -0.25) is 9.59 Å². The lowest BCUT2D eigenvalue weighted by Crippen LogP contribution is -2.18. The zero-order chi connectivity index (χ0) is 15.4. The van der Waals surface area contributed by atoms with Gasteiger partial charge in [-0.2, -0.15) is 0 Å². The highest BCUT2D eigenvalue weighted by Crippen LogP contribution is 2.21. The SMILES string of the molecule is CSc1ccc(C)c(C(=O)Nc2ccccc2C(N)=O)c1. The molecule has 2 aromatic rings. The first-order chi connectivity index (χ1) is 10.0. The summed E-state index contributed by atoms with van der Waals surface area (Å²) >= 11 is 1.57. The molecule has 5 heteroatoms. The molecule has 0 spiro atoms. The molecule has 0 heterocycles. The van der Waals surface area contributed by atoms with Crippen molar-refractivity contribution in [3.8, 4) is 0 Å². The molecule has 3 N–H and O–H groups in total. The Labute approximate surface area is 127 Å². The van der Waals surface area contributed by atoms with Crippen molar-refractivity contribution in [3.63, 3.8) is 0 Å². The van der Waals surface area contributed by atoms with Crippen molar-refractivity contribution in [2.75, 3.05) is 11.6 Å². The Bertz CT molecular complexity index is 698. The molecule has 0 aliphatic heterocycles. The van der Waals surface area contributed by atoms with Crippen molar-refractivity contribution in [3.05, 3.63) is 59.2 Å². The number of primary amides is 1. The molecule has 0 saturated heterocycles. The van der Waals surface area contributed by atoms with E-state index in [9.17, 15) is 9.59 Å². The highest BCUT2D eigenvalue weighted by atomic mass is 32.2. The molecular weight excluding hydrogens is 284 g/mol. The molecule has 0 unspecified atom stereocenters. The number of rotatable bonds is 4. The first-order valence-electron chi connectivity index (χ1n) is 6.37. The number of nitrogens with two attached hydrogens (primary N) is 1. The summed E-state index contributed by atoms with van der Waals surface area (Å²) in [5.74, 6) is -0.822. The van der Waals surface area contributed by atoms with E-state index < -0.39 is 5.91 Å². The van der Waals surface area contributed by atoms with E-state index in [1.165, 1.54) is 0 Å². The zero-order valence-corrected chi connectivity index (χ0v) is 12.7. The van der Waals surface area contributed by atoms with Gasteiger partial charge in [-0.15, -0.1) is 11.8 Å². The molecule has 108 valence electrons. The highest BCUT2D eigenvalue weighted by Gasteiger charge is 2.14. The lowest BCUT2D eigenvalue weighted by atomic mass is 10.1. The minimum absolute atomic E-state index is 0.253. The van der Waals surface area contributed by atoms with Crippen molar-refractivity contribution >= 4 is 29.3 Å². The highest BCUT2D eigenvalue weighted by molar-refractivity contribution is 7.98. The molecule has 0 aliphatic carbocycles. The summed E-state index contributed by atoms with van der Waals surface area (Å²) in [6.45, 7) is 1.87. The van der Waals surface area contributed by atoms with Crippen LogP contribution < -0.4 is 11.1 Å². The number of nitrogens with one attached hydrogen (secondary N) is 1. The Morgan fingerprint density at radius 3 is 2.48 bits per heavy atom. The maximum atomic E-state index is 12.4. The fourth-order valence-corrected chi connectivity index (χ4v) is 2.41. The number of hydrogen-bond acceptors (Lipinski definition) is 3. The number of benzene rings is 2. The van der Waals surface area contributed by atoms with Crippen LogP contribution in [0.2, 0.25) is 0 Å². The maximum absolute atomic E-state index is 12.4. The van der Waals surface area contributed by atoms with Crippen LogP contribution in [0, 0.1) is 6.92 Å². The third-order valence-corrected chi connectivity index (χ3v) is 3.86. The summed E-state index contributed by atoms with van der Waals surface area (Å²) in [5.41, 5.74) is 7.49. The van der Waals surface area contributed by atoms with E-state index in [2.05, 4.69) is 5.32 Å². The van der Waals surface area contributed by atoms with Crippen LogP contribution in [-0.2, 0) is 0 Å². The number of amides is 2. The predicted molar refractivity (Wildman–Crippen MR) is 85.9 cm³/mol. The third-order valence-electron chi connectivity index (χ3n) is 3.13. The standard InChI is InChI=1S/C16H16N2O2S/c1-10-7-8-11(21-2)9-13(10)16(20)18-14-6-4-3-5-12(14)15(17)19/h3-9H,1-2H3,(H2,17,19)(H,18,20). The first kappa shape index (κ1) is 15.1. The molecule has 0 aromatic heterocycles. The molecule has 0 bridgehead atoms. The monoisotopic (exact) mass is 300 g/mol. The molecule has 2 rings (SSSR count).